The molecule has 0 spiro atoms. The Labute approximate surface area is 87.7 Å². The molecule has 0 rings (SSSR count). The molecular formula is C12H23O2. The Morgan fingerprint density at radius 3 is 1.71 bits per heavy atom. The minimum atomic E-state index is -0.666. The van der Waals surface area contributed by atoms with Gasteiger partial charge in [-0.15, -0.1) is 0 Å². The van der Waals surface area contributed by atoms with Crippen LogP contribution < -0.4 is 0 Å². The monoisotopic (exact) mass is 199 g/mol. The molecule has 14 heavy (non-hydrogen) atoms. The van der Waals surface area contributed by atoms with E-state index in [4.69, 9.17) is 5.11 Å². The second kappa shape index (κ2) is 9.04. The molecule has 0 aliphatic rings. The van der Waals surface area contributed by atoms with Crippen LogP contribution in [0.25, 0.3) is 0 Å². The molecule has 0 heterocycles. The van der Waals surface area contributed by atoms with Crippen LogP contribution in [-0.2, 0) is 4.79 Å². The molecule has 2 nitrogen and oxygen atoms in total. The standard InChI is InChI=1S/C12H23O2/c1-11(2)9-7-5-3-4-6-8-10-12(13)14/h3-10H2,1-2H3,(H,13,14). The summed E-state index contributed by atoms with van der Waals surface area (Å²) in [4.78, 5) is 10.2. The number of aliphatic carboxylic acids is 1. The quantitative estimate of drug-likeness (QED) is 0.573. The average Bonchev–Trinajstić information content (AvgIpc) is 2.08. The molecule has 0 saturated carbocycles. The zero-order valence-electron chi connectivity index (χ0n) is 9.51. The lowest BCUT2D eigenvalue weighted by Crippen LogP contribution is -1.93. The van der Waals surface area contributed by atoms with Crippen LogP contribution in [0, 0.1) is 5.92 Å². The molecule has 0 aromatic rings. The molecule has 0 aromatic heterocycles. The number of unbranched alkanes of at least 4 members (excludes halogenated alkanes) is 5. The Kier molecular flexibility index (Phi) is 8.70. The van der Waals surface area contributed by atoms with Gasteiger partial charge >= 0.3 is 5.97 Å². The fraction of sp³-hybridized carbons (Fsp3) is 0.833. The summed E-state index contributed by atoms with van der Waals surface area (Å²) in [6, 6.07) is 0. The lowest BCUT2D eigenvalue weighted by Gasteiger charge is -2.03. The van der Waals surface area contributed by atoms with E-state index in [-0.39, 0.29) is 0 Å². The zero-order chi connectivity index (χ0) is 10.8. The van der Waals surface area contributed by atoms with Crippen molar-refractivity contribution in [3.63, 3.8) is 0 Å². The van der Waals surface area contributed by atoms with Gasteiger partial charge < -0.3 is 5.11 Å². The molecule has 0 atom stereocenters. The topological polar surface area (TPSA) is 37.3 Å². The summed E-state index contributed by atoms with van der Waals surface area (Å²) in [5.41, 5.74) is 0. The summed E-state index contributed by atoms with van der Waals surface area (Å²) in [6.07, 6.45) is 8.52. The number of carboxylic acid groups (broad SMARTS) is 1. The van der Waals surface area contributed by atoms with Crippen molar-refractivity contribution in [1.29, 1.82) is 0 Å². The maximum atomic E-state index is 10.2. The summed E-state index contributed by atoms with van der Waals surface area (Å²) >= 11 is 0. The molecule has 0 aliphatic carbocycles. The summed E-state index contributed by atoms with van der Waals surface area (Å²) in [5.74, 6) is 0.845. The van der Waals surface area contributed by atoms with Gasteiger partial charge in [0.2, 0.25) is 0 Å². The Morgan fingerprint density at radius 2 is 1.29 bits per heavy atom. The van der Waals surface area contributed by atoms with E-state index in [1.807, 2.05) is 0 Å². The van der Waals surface area contributed by atoms with Crippen LogP contribution in [0.2, 0.25) is 0 Å². The van der Waals surface area contributed by atoms with Crippen molar-refractivity contribution in [2.24, 2.45) is 0 Å². The summed E-state index contributed by atoms with van der Waals surface area (Å²) in [5, 5.41) is 8.41. The molecule has 0 aliphatic heterocycles. The van der Waals surface area contributed by atoms with Gasteiger partial charge in [0, 0.05) is 6.42 Å². The first-order chi connectivity index (χ1) is 6.63. The molecule has 1 radical (unpaired) electrons. The summed E-state index contributed by atoms with van der Waals surface area (Å²) < 4.78 is 0. The Bertz CT molecular complexity index is 141. The maximum Gasteiger partial charge on any atom is 0.303 e. The molecule has 0 unspecified atom stereocenters. The van der Waals surface area contributed by atoms with Gasteiger partial charge in [-0.3, -0.25) is 4.79 Å². The molecule has 0 fully saturated rings. The number of rotatable bonds is 9. The van der Waals surface area contributed by atoms with Crippen molar-refractivity contribution in [2.45, 2.75) is 65.2 Å². The second-order valence-electron chi connectivity index (χ2n) is 4.22. The highest BCUT2D eigenvalue weighted by molar-refractivity contribution is 5.66. The maximum absolute atomic E-state index is 10.2. The summed E-state index contributed by atoms with van der Waals surface area (Å²) in [6.45, 7) is 4.35. The molecule has 0 aromatic carbocycles. The van der Waals surface area contributed by atoms with Gasteiger partial charge in [0.05, 0.1) is 0 Å². The van der Waals surface area contributed by atoms with Crippen molar-refractivity contribution in [1.82, 2.24) is 0 Å². The molecule has 0 amide bonds. The molecule has 1 N–H and O–H groups in total. The van der Waals surface area contributed by atoms with Gasteiger partial charge in [0.1, 0.15) is 0 Å². The van der Waals surface area contributed by atoms with E-state index in [1.165, 1.54) is 38.0 Å². The van der Waals surface area contributed by atoms with Gasteiger partial charge in [0.15, 0.2) is 0 Å². The lowest BCUT2D eigenvalue weighted by atomic mass is 10.0. The fourth-order valence-corrected chi connectivity index (χ4v) is 1.46. The van der Waals surface area contributed by atoms with Crippen molar-refractivity contribution in [2.75, 3.05) is 0 Å². The minimum Gasteiger partial charge on any atom is -0.481 e. The Balaban J connectivity index is 2.96. The number of carboxylic acids is 1. The largest absolute Gasteiger partial charge is 0.481 e. The number of hydrogen-bond acceptors (Lipinski definition) is 1. The van der Waals surface area contributed by atoms with Crippen molar-refractivity contribution < 1.29 is 9.90 Å². The molecule has 2 heteroatoms. The third-order valence-corrected chi connectivity index (χ3v) is 2.32. The average molecular weight is 199 g/mol. The van der Waals surface area contributed by atoms with Gasteiger partial charge in [0.25, 0.3) is 0 Å². The normalized spacial score (nSPS) is 10.8. The van der Waals surface area contributed by atoms with Crippen LogP contribution >= 0.6 is 0 Å². The van der Waals surface area contributed by atoms with Gasteiger partial charge in [-0.2, -0.15) is 0 Å². The highest BCUT2D eigenvalue weighted by atomic mass is 16.4. The third-order valence-electron chi connectivity index (χ3n) is 2.32. The SMILES string of the molecule is C[C](C)CCCCCCCCC(=O)O. The van der Waals surface area contributed by atoms with Crippen LogP contribution in [0.4, 0.5) is 0 Å². The first kappa shape index (κ1) is 13.5. The van der Waals surface area contributed by atoms with Crippen LogP contribution in [-0.4, -0.2) is 11.1 Å². The van der Waals surface area contributed by atoms with Gasteiger partial charge in [-0.25, -0.2) is 0 Å². The molecule has 0 saturated heterocycles. The Morgan fingerprint density at radius 1 is 0.857 bits per heavy atom. The number of hydrogen-bond donors (Lipinski definition) is 1. The zero-order valence-corrected chi connectivity index (χ0v) is 9.51. The van der Waals surface area contributed by atoms with E-state index in [0.29, 0.717) is 6.42 Å². The van der Waals surface area contributed by atoms with Crippen molar-refractivity contribution in [3.8, 4) is 0 Å². The molecular weight excluding hydrogens is 176 g/mol. The van der Waals surface area contributed by atoms with E-state index in [2.05, 4.69) is 13.8 Å². The first-order valence-corrected chi connectivity index (χ1v) is 5.63. The van der Waals surface area contributed by atoms with Crippen molar-refractivity contribution in [3.05, 3.63) is 5.92 Å². The highest BCUT2D eigenvalue weighted by Crippen LogP contribution is 2.12. The smallest absolute Gasteiger partial charge is 0.303 e. The van der Waals surface area contributed by atoms with Gasteiger partial charge in [-0.05, 0) is 18.8 Å². The highest BCUT2D eigenvalue weighted by Gasteiger charge is 1.97. The fourth-order valence-electron chi connectivity index (χ4n) is 1.46. The first-order valence-electron chi connectivity index (χ1n) is 5.63. The van der Waals surface area contributed by atoms with E-state index in [1.54, 1.807) is 0 Å². The van der Waals surface area contributed by atoms with Gasteiger partial charge in [-0.1, -0.05) is 46.0 Å². The predicted octanol–water partition coefficient (Wildman–Crippen LogP) is 3.81. The summed E-state index contributed by atoms with van der Waals surface area (Å²) in [7, 11) is 0. The Hall–Kier alpha value is -0.530. The second-order valence-corrected chi connectivity index (χ2v) is 4.22. The van der Waals surface area contributed by atoms with Crippen LogP contribution in [0.5, 0.6) is 0 Å². The third kappa shape index (κ3) is 11.5. The van der Waals surface area contributed by atoms with E-state index >= 15 is 0 Å². The van der Waals surface area contributed by atoms with Crippen LogP contribution in [0.15, 0.2) is 0 Å². The molecule has 0 bridgehead atoms. The minimum absolute atomic E-state index is 0.335. The van der Waals surface area contributed by atoms with Crippen molar-refractivity contribution >= 4 is 5.97 Å². The van der Waals surface area contributed by atoms with E-state index in [9.17, 15) is 4.79 Å². The van der Waals surface area contributed by atoms with Crippen LogP contribution in [0.3, 0.4) is 0 Å². The molecule has 83 valence electrons. The predicted molar refractivity (Wildman–Crippen MR) is 59.2 cm³/mol. The lowest BCUT2D eigenvalue weighted by molar-refractivity contribution is -0.137. The van der Waals surface area contributed by atoms with E-state index < -0.39 is 5.97 Å². The van der Waals surface area contributed by atoms with Crippen LogP contribution in [0.1, 0.15) is 65.2 Å². The van der Waals surface area contributed by atoms with E-state index in [0.717, 1.165) is 12.8 Å². The number of carbonyl (C=O) groups is 1.